The van der Waals surface area contributed by atoms with Gasteiger partial charge in [0.1, 0.15) is 5.82 Å². The van der Waals surface area contributed by atoms with Crippen LogP contribution in [-0.4, -0.2) is 45.4 Å². The molecule has 7 heteroatoms. The number of fused-ring (bicyclic) bond motifs is 2. The number of hydrogen-bond donors (Lipinski definition) is 1. The minimum Gasteiger partial charge on any atom is -0.355 e. The zero-order valence-corrected chi connectivity index (χ0v) is 15.1. The maximum absolute atomic E-state index is 12.6. The molecule has 2 aliphatic heterocycles. The second-order valence-electron chi connectivity index (χ2n) is 6.71. The zero-order valence-electron chi connectivity index (χ0n) is 14.3. The summed E-state index contributed by atoms with van der Waals surface area (Å²) in [6.45, 7) is 4.29. The van der Waals surface area contributed by atoms with Gasteiger partial charge in [-0.15, -0.1) is 0 Å². The number of imidazole rings is 1. The van der Waals surface area contributed by atoms with E-state index >= 15 is 0 Å². The Bertz CT molecular complexity index is 781. The molecule has 4 heterocycles. The number of carbonyl (C=O) groups is 1. The van der Waals surface area contributed by atoms with Crippen LogP contribution in [0.15, 0.2) is 24.7 Å². The Labute approximate surface area is 152 Å². The SMILES string of the molecule is CCC(=O)N1CCc2[nH]cnc2C12CCN(c1ncccc1Cl)CC2. The van der Waals surface area contributed by atoms with E-state index in [9.17, 15) is 4.79 Å². The molecule has 4 rings (SSSR count). The van der Waals surface area contributed by atoms with E-state index in [1.807, 2.05) is 19.1 Å². The number of nitrogens with zero attached hydrogens (tertiary/aromatic N) is 4. The van der Waals surface area contributed by atoms with Gasteiger partial charge in [-0.05, 0) is 25.0 Å². The van der Waals surface area contributed by atoms with Gasteiger partial charge in [0.25, 0.3) is 0 Å². The molecule has 1 N–H and O–H groups in total. The lowest BCUT2D eigenvalue weighted by atomic mass is 9.78. The van der Waals surface area contributed by atoms with Crippen molar-refractivity contribution in [2.45, 2.75) is 38.1 Å². The molecule has 1 fully saturated rings. The van der Waals surface area contributed by atoms with Gasteiger partial charge < -0.3 is 14.8 Å². The Hall–Kier alpha value is -2.08. The first-order chi connectivity index (χ1) is 12.2. The summed E-state index contributed by atoms with van der Waals surface area (Å²) in [7, 11) is 0. The third-order valence-electron chi connectivity index (χ3n) is 5.49. The predicted octanol–water partition coefficient (Wildman–Crippen LogP) is 2.75. The van der Waals surface area contributed by atoms with Gasteiger partial charge in [0.05, 0.1) is 22.6 Å². The van der Waals surface area contributed by atoms with Crippen molar-refractivity contribution in [3.05, 3.63) is 41.1 Å². The first-order valence-corrected chi connectivity index (χ1v) is 9.22. The molecule has 2 aromatic heterocycles. The zero-order chi connectivity index (χ0) is 17.4. The van der Waals surface area contributed by atoms with Crippen molar-refractivity contribution in [2.75, 3.05) is 24.5 Å². The molecule has 1 spiro atoms. The smallest absolute Gasteiger partial charge is 0.223 e. The van der Waals surface area contributed by atoms with Crippen molar-refractivity contribution in [3.63, 3.8) is 0 Å². The molecule has 132 valence electrons. The van der Waals surface area contributed by atoms with Gasteiger partial charge >= 0.3 is 0 Å². The largest absolute Gasteiger partial charge is 0.355 e. The molecule has 0 aromatic carbocycles. The predicted molar refractivity (Wildman–Crippen MR) is 96.7 cm³/mol. The standard InChI is InChI=1S/C18H22ClN5O/c1-2-15(25)24-9-5-14-16(22-12-21-14)18(24)6-10-23(11-7-18)17-13(19)4-3-8-20-17/h3-4,8,12H,2,5-7,9-11H2,1H3,(H,21,22). The van der Waals surface area contributed by atoms with Crippen molar-refractivity contribution in [3.8, 4) is 0 Å². The van der Waals surface area contributed by atoms with E-state index in [-0.39, 0.29) is 11.4 Å². The summed E-state index contributed by atoms with van der Waals surface area (Å²) in [6, 6.07) is 3.71. The van der Waals surface area contributed by atoms with E-state index in [2.05, 4.69) is 24.8 Å². The van der Waals surface area contributed by atoms with Crippen molar-refractivity contribution in [1.29, 1.82) is 0 Å². The van der Waals surface area contributed by atoms with E-state index in [0.717, 1.165) is 50.4 Å². The van der Waals surface area contributed by atoms with Crippen molar-refractivity contribution >= 4 is 23.3 Å². The highest BCUT2D eigenvalue weighted by Gasteiger charge is 2.48. The molecule has 2 aromatic rings. The number of nitrogens with one attached hydrogen (secondary N) is 1. The molecule has 0 atom stereocenters. The van der Waals surface area contributed by atoms with Crippen molar-refractivity contribution in [2.24, 2.45) is 0 Å². The van der Waals surface area contributed by atoms with Gasteiger partial charge in [-0.3, -0.25) is 4.79 Å². The summed E-state index contributed by atoms with van der Waals surface area (Å²) in [5.41, 5.74) is 1.91. The number of hydrogen-bond acceptors (Lipinski definition) is 4. The van der Waals surface area contributed by atoms with Crippen LogP contribution in [0.4, 0.5) is 5.82 Å². The normalized spacial score (nSPS) is 19.1. The molecular weight excluding hydrogens is 338 g/mol. The van der Waals surface area contributed by atoms with Gasteiger partial charge in [0.15, 0.2) is 0 Å². The van der Waals surface area contributed by atoms with E-state index in [1.165, 1.54) is 5.69 Å². The quantitative estimate of drug-likeness (QED) is 0.895. The average molecular weight is 360 g/mol. The number of carbonyl (C=O) groups excluding carboxylic acids is 1. The molecule has 0 bridgehead atoms. The molecule has 1 saturated heterocycles. The first-order valence-electron chi connectivity index (χ1n) is 8.84. The van der Waals surface area contributed by atoms with Crippen LogP contribution < -0.4 is 4.90 Å². The fourth-order valence-corrected chi connectivity index (χ4v) is 4.48. The number of halogens is 1. The fraction of sp³-hybridized carbons (Fsp3) is 0.500. The van der Waals surface area contributed by atoms with Gasteiger partial charge in [-0.25, -0.2) is 9.97 Å². The number of rotatable bonds is 2. The first kappa shape index (κ1) is 16.4. The molecule has 0 aliphatic carbocycles. The number of aromatic nitrogens is 3. The van der Waals surface area contributed by atoms with Crippen LogP contribution in [0, 0.1) is 0 Å². The Morgan fingerprint density at radius 3 is 2.84 bits per heavy atom. The average Bonchev–Trinajstić information content (AvgIpc) is 3.13. The van der Waals surface area contributed by atoms with Crippen LogP contribution in [-0.2, 0) is 16.8 Å². The molecule has 25 heavy (non-hydrogen) atoms. The van der Waals surface area contributed by atoms with Crippen LogP contribution >= 0.6 is 11.6 Å². The molecule has 1 amide bonds. The minimum atomic E-state index is -0.307. The highest BCUT2D eigenvalue weighted by atomic mass is 35.5. The Kier molecular flexibility index (Phi) is 4.15. The van der Waals surface area contributed by atoms with Crippen LogP contribution in [0.2, 0.25) is 5.02 Å². The molecule has 6 nitrogen and oxygen atoms in total. The number of pyridine rings is 1. The summed E-state index contributed by atoms with van der Waals surface area (Å²) < 4.78 is 0. The Balaban J connectivity index is 1.65. The van der Waals surface area contributed by atoms with Crippen LogP contribution in [0.1, 0.15) is 37.6 Å². The number of anilines is 1. The number of piperidine rings is 1. The van der Waals surface area contributed by atoms with E-state index in [1.54, 1.807) is 12.5 Å². The Morgan fingerprint density at radius 2 is 2.12 bits per heavy atom. The maximum atomic E-state index is 12.6. The summed E-state index contributed by atoms with van der Waals surface area (Å²) >= 11 is 6.31. The third kappa shape index (κ3) is 2.59. The van der Waals surface area contributed by atoms with Gasteiger partial charge in [-0.1, -0.05) is 18.5 Å². The molecule has 0 radical (unpaired) electrons. The van der Waals surface area contributed by atoms with Crippen molar-refractivity contribution < 1.29 is 4.79 Å². The summed E-state index contributed by atoms with van der Waals surface area (Å²) in [5.74, 6) is 1.03. The second-order valence-corrected chi connectivity index (χ2v) is 7.11. The third-order valence-corrected chi connectivity index (χ3v) is 5.79. The van der Waals surface area contributed by atoms with Gasteiger partial charge in [0.2, 0.25) is 5.91 Å². The topological polar surface area (TPSA) is 65.1 Å². The van der Waals surface area contributed by atoms with E-state index in [4.69, 9.17) is 11.6 Å². The van der Waals surface area contributed by atoms with Gasteiger partial charge in [0, 0.05) is 44.4 Å². The lowest BCUT2D eigenvalue weighted by Crippen LogP contribution is -2.58. The number of H-pyrrole nitrogens is 1. The van der Waals surface area contributed by atoms with Gasteiger partial charge in [-0.2, -0.15) is 0 Å². The lowest BCUT2D eigenvalue weighted by molar-refractivity contribution is -0.140. The highest BCUT2D eigenvalue weighted by molar-refractivity contribution is 6.32. The lowest BCUT2D eigenvalue weighted by Gasteiger charge is -2.50. The molecule has 2 aliphatic rings. The molecule has 0 saturated carbocycles. The van der Waals surface area contributed by atoms with Crippen LogP contribution in [0.25, 0.3) is 0 Å². The highest BCUT2D eigenvalue weighted by Crippen LogP contribution is 2.43. The fourth-order valence-electron chi connectivity index (χ4n) is 4.24. The van der Waals surface area contributed by atoms with Crippen LogP contribution in [0.3, 0.4) is 0 Å². The molecule has 0 unspecified atom stereocenters. The minimum absolute atomic E-state index is 0.206. The summed E-state index contributed by atoms with van der Waals surface area (Å²) in [4.78, 5) is 29.2. The number of amides is 1. The van der Waals surface area contributed by atoms with Crippen molar-refractivity contribution in [1.82, 2.24) is 19.9 Å². The van der Waals surface area contributed by atoms with Crippen LogP contribution in [0.5, 0.6) is 0 Å². The molecular formula is C18H22ClN5O. The Morgan fingerprint density at radius 1 is 1.32 bits per heavy atom. The summed E-state index contributed by atoms with van der Waals surface area (Å²) in [5, 5.41) is 0.670. The van der Waals surface area contributed by atoms with E-state index < -0.39 is 0 Å². The monoisotopic (exact) mass is 359 g/mol. The summed E-state index contributed by atoms with van der Waals surface area (Å²) in [6.07, 6.45) is 6.57. The van der Waals surface area contributed by atoms with E-state index in [0.29, 0.717) is 11.4 Å². The second kappa shape index (κ2) is 6.33. The number of aromatic amines is 1. The maximum Gasteiger partial charge on any atom is 0.223 e.